The topological polar surface area (TPSA) is 36.9 Å². The van der Waals surface area contributed by atoms with Crippen molar-refractivity contribution in [3.05, 3.63) is 0 Å². The van der Waals surface area contributed by atoms with Gasteiger partial charge < -0.3 is 14.2 Å². The summed E-state index contributed by atoms with van der Waals surface area (Å²) >= 11 is 13.8. The van der Waals surface area contributed by atoms with E-state index < -0.39 is 9.39 Å². The molecule has 0 aliphatic carbocycles. The number of halogens is 4. The van der Waals surface area contributed by atoms with Gasteiger partial charge in [0.15, 0.2) is 0 Å². The van der Waals surface area contributed by atoms with Crippen molar-refractivity contribution < 1.29 is 18.9 Å². The predicted octanol–water partition coefficient (Wildman–Crippen LogP) is 3.05. The maximum Gasteiger partial charge on any atom is 0.413 e. The first-order valence-corrected chi connectivity index (χ1v) is 7.77. The summed E-state index contributed by atoms with van der Waals surface area (Å²) in [7, 11) is 0. The fraction of sp³-hybridized carbons (Fsp3) is 1.00. The van der Waals surface area contributed by atoms with E-state index in [1.54, 1.807) is 0 Å². The zero-order chi connectivity index (χ0) is 12.0. The average molecular weight is 490 g/mol. The predicted molar refractivity (Wildman–Crippen MR) is 72.3 cm³/mol. The lowest BCUT2D eigenvalue weighted by atomic mass is 10.3. The Balaban J connectivity index is 2.02. The van der Waals surface area contributed by atoms with Gasteiger partial charge in [-0.15, -0.1) is 0 Å². The molecule has 0 amide bonds. The lowest BCUT2D eigenvalue weighted by Gasteiger charge is -2.46. The van der Waals surface area contributed by atoms with E-state index in [2.05, 4.69) is 63.7 Å². The lowest BCUT2D eigenvalue weighted by Crippen LogP contribution is -2.59. The second-order valence-electron chi connectivity index (χ2n) is 3.74. The largest absolute Gasteiger partial charge is 0.413 e. The molecule has 2 aliphatic heterocycles. The highest BCUT2D eigenvalue weighted by atomic mass is 79.9. The molecule has 0 radical (unpaired) electrons. The summed E-state index contributed by atoms with van der Waals surface area (Å²) in [5, 5.41) is 0. The summed E-state index contributed by atoms with van der Waals surface area (Å²) in [6.07, 6.45) is -1.53. The summed E-state index contributed by atoms with van der Waals surface area (Å²) in [6.45, 7) is 3.06. The third-order valence-electron chi connectivity index (χ3n) is 2.28. The van der Waals surface area contributed by atoms with Crippen LogP contribution in [0.2, 0.25) is 0 Å². The first kappa shape index (κ1) is 14.2. The Morgan fingerprint density at radius 1 is 0.938 bits per heavy atom. The van der Waals surface area contributed by atoms with Crippen molar-refractivity contribution in [2.45, 2.75) is 25.7 Å². The summed E-state index contributed by atoms with van der Waals surface area (Å²) in [5.74, 6) is 0. The van der Waals surface area contributed by atoms with Crippen molar-refractivity contribution in [3.8, 4) is 0 Å². The molecule has 1 unspecified atom stereocenters. The molecule has 0 aromatic carbocycles. The Labute approximate surface area is 127 Å². The molecule has 2 aliphatic rings. The number of hydrogen-bond acceptors (Lipinski definition) is 4. The molecule has 0 saturated carbocycles. The summed E-state index contributed by atoms with van der Waals surface area (Å²) in [4.78, 5) is 0. The minimum atomic E-state index is -1.38. The number of hydrogen-bond donors (Lipinski definition) is 0. The summed E-state index contributed by atoms with van der Waals surface area (Å²) < 4.78 is 21.3. The normalized spacial score (nSPS) is 36.2. The van der Waals surface area contributed by atoms with Gasteiger partial charge >= 0.3 is 6.16 Å². The van der Waals surface area contributed by atoms with Crippen LogP contribution < -0.4 is 0 Å². The Morgan fingerprint density at radius 2 is 1.44 bits per heavy atom. The molecule has 2 rings (SSSR count). The highest BCUT2D eigenvalue weighted by Gasteiger charge is 2.53. The zero-order valence-corrected chi connectivity index (χ0v) is 14.7. The van der Waals surface area contributed by atoms with Crippen molar-refractivity contribution in [2.75, 3.05) is 19.8 Å². The number of alkyl halides is 4. The molecular formula is C8H10Br4O4. The van der Waals surface area contributed by atoms with Gasteiger partial charge in [-0.05, 0) is 6.92 Å². The fourth-order valence-electron chi connectivity index (χ4n) is 1.26. The lowest BCUT2D eigenvalue weighted by molar-refractivity contribution is -0.533. The van der Waals surface area contributed by atoms with Crippen molar-refractivity contribution >= 4 is 63.7 Å². The summed E-state index contributed by atoms with van der Waals surface area (Å²) in [6, 6.07) is 0. The third-order valence-corrected chi connectivity index (χ3v) is 4.94. The van der Waals surface area contributed by atoms with Gasteiger partial charge in [0, 0.05) is 0 Å². The highest BCUT2D eigenvalue weighted by molar-refractivity contribution is 9.25. The van der Waals surface area contributed by atoms with Gasteiger partial charge in [0.25, 0.3) is 0 Å². The molecule has 0 bridgehead atoms. The van der Waals surface area contributed by atoms with Crippen molar-refractivity contribution in [3.63, 3.8) is 0 Å². The van der Waals surface area contributed by atoms with Gasteiger partial charge in [0.05, 0.1) is 25.9 Å². The van der Waals surface area contributed by atoms with Gasteiger partial charge in [0.1, 0.15) is 6.47 Å². The SMILES string of the molecule is CC1OC2(OCC(Br)(Br)CO2)OCC1(Br)Br. The van der Waals surface area contributed by atoms with Gasteiger partial charge in [-0.3, -0.25) is 4.74 Å². The van der Waals surface area contributed by atoms with E-state index >= 15 is 0 Å². The van der Waals surface area contributed by atoms with Crippen molar-refractivity contribution in [1.82, 2.24) is 0 Å². The standard InChI is InChI=1S/C8H10Br4O4/c1-5-7(11,12)4-15-8(16-5)13-2-6(9,10)3-14-8/h5H,2-4H2,1H3. The Bertz CT molecular complexity index is 268. The Morgan fingerprint density at radius 3 is 1.94 bits per heavy atom. The molecule has 2 heterocycles. The molecule has 0 aromatic rings. The minimum Gasteiger partial charge on any atom is -0.301 e. The number of rotatable bonds is 0. The molecule has 2 fully saturated rings. The van der Waals surface area contributed by atoms with Gasteiger partial charge in [-0.1, -0.05) is 63.7 Å². The van der Waals surface area contributed by atoms with Crippen molar-refractivity contribution in [2.24, 2.45) is 0 Å². The molecule has 2 saturated heterocycles. The van der Waals surface area contributed by atoms with Crippen molar-refractivity contribution in [1.29, 1.82) is 0 Å². The average Bonchev–Trinajstić information content (AvgIpc) is 2.18. The zero-order valence-electron chi connectivity index (χ0n) is 8.34. The molecule has 16 heavy (non-hydrogen) atoms. The van der Waals surface area contributed by atoms with Crippen LogP contribution in [0.3, 0.4) is 0 Å². The van der Waals surface area contributed by atoms with Crippen LogP contribution in [0.1, 0.15) is 6.92 Å². The van der Waals surface area contributed by atoms with Crippen LogP contribution in [0, 0.1) is 0 Å². The maximum absolute atomic E-state index is 5.62. The fourth-order valence-corrected chi connectivity index (χ4v) is 2.14. The van der Waals surface area contributed by atoms with Crippen LogP contribution in [0.15, 0.2) is 0 Å². The second kappa shape index (κ2) is 4.70. The van der Waals surface area contributed by atoms with E-state index in [1.165, 1.54) is 0 Å². The molecule has 1 atom stereocenters. The van der Waals surface area contributed by atoms with Crippen LogP contribution in [-0.4, -0.2) is 38.6 Å². The molecule has 0 N–H and O–H groups in total. The Kier molecular flexibility index (Phi) is 4.16. The maximum atomic E-state index is 5.62. The smallest absolute Gasteiger partial charge is 0.301 e. The first-order valence-electron chi connectivity index (χ1n) is 4.60. The molecule has 8 heteroatoms. The number of ether oxygens (including phenoxy) is 4. The minimum absolute atomic E-state index is 0.153. The molecular weight excluding hydrogens is 480 g/mol. The van der Waals surface area contributed by atoms with Crippen LogP contribution in [-0.2, 0) is 18.9 Å². The van der Waals surface area contributed by atoms with E-state index in [4.69, 9.17) is 18.9 Å². The van der Waals surface area contributed by atoms with Crippen LogP contribution >= 0.6 is 63.7 Å². The summed E-state index contributed by atoms with van der Waals surface area (Å²) in [5.41, 5.74) is 0. The highest BCUT2D eigenvalue weighted by Crippen LogP contribution is 2.44. The molecule has 94 valence electrons. The Hall–Kier alpha value is 1.76. The van der Waals surface area contributed by atoms with E-state index in [0.717, 1.165) is 0 Å². The van der Waals surface area contributed by atoms with Gasteiger partial charge in [-0.2, -0.15) is 0 Å². The van der Waals surface area contributed by atoms with E-state index in [1.807, 2.05) is 6.92 Å². The second-order valence-corrected chi connectivity index (χ2v) is 11.7. The molecule has 1 spiro atoms. The van der Waals surface area contributed by atoms with Crippen LogP contribution in [0.4, 0.5) is 0 Å². The molecule has 4 nitrogen and oxygen atoms in total. The third kappa shape index (κ3) is 3.01. The quantitative estimate of drug-likeness (QED) is 0.490. The van der Waals surface area contributed by atoms with Crippen LogP contribution in [0.25, 0.3) is 0 Å². The van der Waals surface area contributed by atoms with Gasteiger partial charge in [0.2, 0.25) is 0 Å². The van der Waals surface area contributed by atoms with E-state index in [0.29, 0.717) is 19.8 Å². The van der Waals surface area contributed by atoms with E-state index in [-0.39, 0.29) is 9.34 Å². The first-order chi connectivity index (χ1) is 7.25. The molecule has 0 aromatic heterocycles. The van der Waals surface area contributed by atoms with Gasteiger partial charge in [-0.25, -0.2) is 0 Å². The van der Waals surface area contributed by atoms with E-state index in [9.17, 15) is 0 Å². The van der Waals surface area contributed by atoms with Crippen LogP contribution in [0.5, 0.6) is 0 Å². The monoisotopic (exact) mass is 486 g/mol.